The molecule has 5 saturated carbocycles. The SMILES string of the molecule is Cc1ccc(C23C[C@@H]4C[C@H](CC(CNC(=O)CCC5CCCCC5)(C4)C2)C3)cc1C. The van der Waals surface area contributed by atoms with Crippen molar-refractivity contribution in [1.29, 1.82) is 0 Å². The number of hydrogen-bond acceptors (Lipinski definition) is 1. The second-order valence-corrected chi connectivity index (χ2v) is 11.9. The van der Waals surface area contributed by atoms with Crippen molar-refractivity contribution < 1.29 is 4.79 Å². The molecule has 0 spiro atoms. The van der Waals surface area contributed by atoms with Gasteiger partial charge in [-0.05, 0) is 104 Å². The van der Waals surface area contributed by atoms with Gasteiger partial charge >= 0.3 is 0 Å². The van der Waals surface area contributed by atoms with E-state index in [0.29, 0.717) is 16.7 Å². The molecular formula is C28H41NO. The minimum absolute atomic E-state index is 0.316. The summed E-state index contributed by atoms with van der Waals surface area (Å²) in [6.07, 6.45) is 16.9. The number of rotatable bonds is 6. The third-order valence-electron chi connectivity index (χ3n) is 9.47. The molecular weight excluding hydrogens is 366 g/mol. The van der Waals surface area contributed by atoms with E-state index in [0.717, 1.165) is 37.1 Å². The maximum Gasteiger partial charge on any atom is 0.220 e. The van der Waals surface area contributed by atoms with Gasteiger partial charge in [0, 0.05) is 13.0 Å². The molecule has 4 bridgehead atoms. The fraction of sp³-hybridized carbons (Fsp3) is 0.750. The predicted molar refractivity (Wildman–Crippen MR) is 124 cm³/mol. The van der Waals surface area contributed by atoms with E-state index < -0.39 is 0 Å². The van der Waals surface area contributed by atoms with Crippen molar-refractivity contribution in [3.8, 4) is 0 Å². The third-order valence-corrected chi connectivity index (χ3v) is 9.47. The van der Waals surface area contributed by atoms with Gasteiger partial charge in [-0.15, -0.1) is 0 Å². The van der Waals surface area contributed by atoms with Gasteiger partial charge in [-0.25, -0.2) is 0 Å². The molecule has 5 aliphatic carbocycles. The standard InChI is InChI=1S/C28H41NO/c1-20-8-10-25(12-21(20)2)28-16-23-13-24(17-28)15-27(14-23,18-28)19-29-26(30)11-9-22-6-4-3-5-7-22/h8,10,12,22-24H,3-7,9,11,13-19H2,1-2H3,(H,29,30)/t23-,24-,27?,28?/m1/s1. The number of hydrogen-bond donors (Lipinski definition) is 1. The summed E-state index contributed by atoms with van der Waals surface area (Å²) in [5, 5.41) is 3.43. The normalized spacial score (nSPS) is 35.5. The number of aryl methyl sites for hydroxylation is 2. The number of amides is 1. The molecule has 1 amide bonds. The zero-order valence-corrected chi connectivity index (χ0v) is 19.3. The van der Waals surface area contributed by atoms with Crippen LogP contribution in [0.15, 0.2) is 18.2 Å². The maximum absolute atomic E-state index is 12.7. The first-order valence-corrected chi connectivity index (χ1v) is 12.8. The average molecular weight is 408 g/mol. The molecule has 0 saturated heterocycles. The zero-order valence-electron chi connectivity index (χ0n) is 19.3. The molecule has 6 rings (SSSR count). The van der Waals surface area contributed by atoms with Crippen molar-refractivity contribution in [2.75, 3.05) is 6.54 Å². The number of benzene rings is 1. The van der Waals surface area contributed by atoms with E-state index in [4.69, 9.17) is 0 Å². The van der Waals surface area contributed by atoms with Crippen LogP contribution in [0, 0.1) is 37.0 Å². The number of carbonyl (C=O) groups excluding carboxylic acids is 1. The van der Waals surface area contributed by atoms with Gasteiger partial charge in [0.1, 0.15) is 0 Å². The van der Waals surface area contributed by atoms with Gasteiger partial charge in [0.2, 0.25) is 5.91 Å². The van der Waals surface area contributed by atoms with E-state index in [1.54, 1.807) is 5.56 Å². The highest BCUT2D eigenvalue weighted by Gasteiger charge is 2.58. The largest absolute Gasteiger partial charge is 0.356 e. The van der Waals surface area contributed by atoms with Crippen LogP contribution in [-0.4, -0.2) is 12.5 Å². The molecule has 0 radical (unpaired) electrons. The molecule has 164 valence electrons. The van der Waals surface area contributed by atoms with Crippen LogP contribution in [0.5, 0.6) is 0 Å². The summed E-state index contributed by atoms with van der Waals surface area (Å²) >= 11 is 0. The van der Waals surface area contributed by atoms with Gasteiger partial charge in [0.15, 0.2) is 0 Å². The number of carbonyl (C=O) groups is 1. The summed E-state index contributed by atoms with van der Waals surface area (Å²) in [5.74, 6) is 2.85. The van der Waals surface area contributed by atoms with Crippen molar-refractivity contribution in [3.05, 3.63) is 34.9 Å². The Hall–Kier alpha value is -1.31. The minimum atomic E-state index is 0.316. The Morgan fingerprint density at radius 1 is 1.00 bits per heavy atom. The van der Waals surface area contributed by atoms with Gasteiger partial charge in [0.25, 0.3) is 0 Å². The first-order chi connectivity index (χ1) is 14.5. The van der Waals surface area contributed by atoms with Crippen molar-refractivity contribution in [3.63, 3.8) is 0 Å². The molecule has 30 heavy (non-hydrogen) atoms. The van der Waals surface area contributed by atoms with Crippen molar-refractivity contribution in [1.82, 2.24) is 5.32 Å². The summed E-state index contributed by atoms with van der Waals surface area (Å²) in [4.78, 5) is 12.7. The van der Waals surface area contributed by atoms with Crippen molar-refractivity contribution in [2.45, 2.75) is 103 Å². The van der Waals surface area contributed by atoms with Crippen LogP contribution in [0.4, 0.5) is 0 Å². The smallest absolute Gasteiger partial charge is 0.220 e. The lowest BCUT2D eigenvalue weighted by atomic mass is 9.43. The van der Waals surface area contributed by atoms with Crippen LogP contribution in [0.2, 0.25) is 0 Å². The predicted octanol–water partition coefficient (Wildman–Crippen LogP) is 6.62. The molecule has 2 nitrogen and oxygen atoms in total. The van der Waals surface area contributed by atoms with Crippen LogP contribution in [-0.2, 0) is 10.2 Å². The summed E-state index contributed by atoms with van der Waals surface area (Å²) < 4.78 is 0. The highest BCUT2D eigenvalue weighted by Crippen LogP contribution is 2.65. The maximum atomic E-state index is 12.7. The van der Waals surface area contributed by atoms with Crippen LogP contribution in [0.3, 0.4) is 0 Å². The van der Waals surface area contributed by atoms with E-state index in [-0.39, 0.29) is 0 Å². The Morgan fingerprint density at radius 3 is 2.43 bits per heavy atom. The molecule has 0 aliphatic heterocycles. The van der Waals surface area contributed by atoms with Crippen LogP contribution >= 0.6 is 0 Å². The molecule has 2 atom stereocenters. The lowest BCUT2D eigenvalue weighted by molar-refractivity contribution is -0.124. The molecule has 1 N–H and O–H groups in total. The summed E-state index contributed by atoms with van der Waals surface area (Å²) in [6.45, 7) is 5.42. The topological polar surface area (TPSA) is 29.1 Å². The fourth-order valence-corrected chi connectivity index (χ4v) is 8.25. The molecule has 5 fully saturated rings. The lowest BCUT2D eigenvalue weighted by Crippen LogP contribution is -2.57. The highest BCUT2D eigenvalue weighted by molar-refractivity contribution is 5.75. The summed E-state index contributed by atoms with van der Waals surface area (Å²) in [7, 11) is 0. The Labute approximate surface area is 183 Å². The van der Waals surface area contributed by atoms with Crippen LogP contribution in [0.1, 0.15) is 100 Å². The van der Waals surface area contributed by atoms with Gasteiger partial charge in [-0.3, -0.25) is 4.79 Å². The van der Waals surface area contributed by atoms with Gasteiger partial charge in [0.05, 0.1) is 0 Å². The first kappa shape index (κ1) is 20.6. The highest BCUT2D eigenvalue weighted by atomic mass is 16.1. The summed E-state index contributed by atoms with van der Waals surface area (Å²) in [6, 6.07) is 7.24. The van der Waals surface area contributed by atoms with E-state index in [9.17, 15) is 4.79 Å². The molecule has 2 heteroatoms. The second-order valence-electron chi connectivity index (χ2n) is 11.9. The van der Waals surface area contributed by atoms with E-state index in [1.807, 2.05) is 0 Å². The quantitative estimate of drug-likeness (QED) is 0.564. The average Bonchev–Trinajstić information content (AvgIpc) is 2.72. The molecule has 0 unspecified atom stereocenters. The van der Waals surface area contributed by atoms with Crippen molar-refractivity contribution in [2.24, 2.45) is 23.2 Å². The Kier molecular flexibility index (Phi) is 5.48. The molecule has 5 aliphatic rings. The Morgan fingerprint density at radius 2 is 1.73 bits per heavy atom. The van der Waals surface area contributed by atoms with E-state index >= 15 is 0 Å². The molecule has 1 aromatic carbocycles. The third kappa shape index (κ3) is 3.96. The van der Waals surface area contributed by atoms with Crippen LogP contribution in [0.25, 0.3) is 0 Å². The van der Waals surface area contributed by atoms with E-state index in [1.165, 1.54) is 81.8 Å². The minimum Gasteiger partial charge on any atom is -0.356 e. The van der Waals surface area contributed by atoms with Gasteiger partial charge in [-0.2, -0.15) is 0 Å². The summed E-state index contributed by atoms with van der Waals surface area (Å²) in [5.41, 5.74) is 5.16. The molecule has 0 aromatic heterocycles. The zero-order chi connectivity index (χ0) is 20.8. The Bertz CT molecular complexity index is 776. The van der Waals surface area contributed by atoms with Gasteiger partial charge < -0.3 is 5.32 Å². The van der Waals surface area contributed by atoms with E-state index in [2.05, 4.69) is 37.4 Å². The lowest BCUT2D eigenvalue weighted by Gasteiger charge is -2.62. The van der Waals surface area contributed by atoms with Gasteiger partial charge in [-0.1, -0.05) is 50.3 Å². The molecule has 1 aromatic rings. The fourth-order valence-electron chi connectivity index (χ4n) is 8.25. The second kappa shape index (κ2) is 7.99. The first-order valence-electron chi connectivity index (χ1n) is 12.8. The van der Waals surface area contributed by atoms with Crippen molar-refractivity contribution >= 4 is 5.91 Å². The van der Waals surface area contributed by atoms with Crippen LogP contribution < -0.4 is 5.32 Å². The monoisotopic (exact) mass is 407 g/mol. The molecule has 0 heterocycles. The number of nitrogens with one attached hydrogen (secondary N) is 1. The Balaban J connectivity index is 1.25.